The normalized spacial score (nSPS) is 11.1. The largest absolute Gasteiger partial charge is 0.394 e. The van der Waals surface area contributed by atoms with Crippen LogP contribution in [0.1, 0.15) is 5.69 Å². The number of hydrogen-bond acceptors (Lipinski definition) is 8. The second-order valence-corrected chi connectivity index (χ2v) is 6.65. The SMILES string of the molecule is Cc1csc(NC(=O)CSc2nc3c(cnn3CCO)c(=O)[nH]2)n1. The van der Waals surface area contributed by atoms with E-state index in [2.05, 4.69) is 25.4 Å². The van der Waals surface area contributed by atoms with Gasteiger partial charge < -0.3 is 15.4 Å². The van der Waals surface area contributed by atoms with Gasteiger partial charge in [0, 0.05) is 5.38 Å². The molecule has 3 heterocycles. The Morgan fingerprint density at radius 3 is 3.04 bits per heavy atom. The van der Waals surface area contributed by atoms with E-state index in [1.54, 1.807) is 0 Å². The van der Waals surface area contributed by atoms with Crippen LogP contribution in [0.2, 0.25) is 0 Å². The summed E-state index contributed by atoms with van der Waals surface area (Å²) in [5, 5.41) is 18.8. The Kier molecular flexibility index (Phi) is 4.92. The van der Waals surface area contributed by atoms with E-state index in [0.717, 1.165) is 17.5 Å². The molecule has 0 aliphatic heterocycles. The molecule has 0 aliphatic rings. The van der Waals surface area contributed by atoms with E-state index in [9.17, 15) is 9.59 Å². The maximum absolute atomic E-state index is 12.0. The number of anilines is 1. The van der Waals surface area contributed by atoms with Gasteiger partial charge in [0.25, 0.3) is 5.56 Å². The van der Waals surface area contributed by atoms with E-state index in [1.807, 2.05) is 12.3 Å². The van der Waals surface area contributed by atoms with Crippen molar-refractivity contribution in [3.63, 3.8) is 0 Å². The summed E-state index contributed by atoms with van der Waals surface area (Å²) in [5.74, 6) is -0.151. The average molecular weight is 366 g/mol. The molecule has 0 saturated carbocycles. The van der Waals surface area contributed by atoms with E-state index < -0.39 is 0 Å². The van der Waals surface area contributed by atoms with Crippen LogP contribution in [-0.2, 0) is 11.3 Å². The Morgan fingerprint density at radius 2 is 2.33 bits per heavy atom. The topological polar surface area (TPSA) is 126 Å². The number of aromatic nitrogens is 5. The monoisotopic (exact) mass is 366 g/mol. The van der Waals surface area contributed by atoms with Crippen LogP contribution in [0, 0.1) is 6.92 Å². The third-order valence-corrected chi connectivity index (χ3v) is 4.75. The van der Waals surface area contributed by atoms with Crippen molar-refractivity contribution in [1.29, 1.82) is 0 Å². The Balaban J connectivity index is 1.71. The number of carbonyl (C=O) groups excluding carboxylic acids is 1. The van der Waals surface area contributed by atoms with Crippen molar-refractivity contribution in [3.05, 3.63) is 27.6 Å². The quantitative estimate of drug-likeness (QED) is 0.431. The molecule has 3 aromatic rings. The zero-order valence-corrected chi connectivity index (χ0v) is 14.3. The standard InChI is InChI=1S/C13H14N6O3S2/c1-7-5-23-12(15-7)16-9(21)6-24-13-17-10-8(11(22)18-13)4-14-19(10)2-3-20/h4-5,20H,2-3,6H2,1H3,(H,15,16,21)(H,17,18,22). The van der Waals surface area contributed by atoms with Gasteiger partial charge >= 0.3 is 0 Å². The smallest absolute Gasteiger partial charge is 0.262 e. The van der Waals surface area contributed by atoms with Crippen LogP contribution < -0.4 is 10.9 Å². The summed E-state index contributed by atoms with van der Waals surface area (Å²) in [6, 6.07) is 0. The number of aromatic amines is 1. The number of fused-ring (bicyclic) bond motifs is 1. The number of rotatable bonds is 6. The Bertz CT molecular complexity index is 931. The summed E-state index contributed by atoms with van der Waals surface area (Å²) < 4.78 is 1.45. The Hall–Kier alpha value is -2.24. The summed E-state index contributed by atoms with van der Waals surface area (Å²) in [6.45, 7) is 1.98. The molecule has 3 aromatic heterocycles. The number of carbonyl (C=O) groups is 1. The van der Waals surface area contributed by atoms with Crippen molar-refractivity contribution >= 4 is 45.2 Å². The van der Waals surface area contributed by atoms with Gasteiger partial charge in [0.1, 0.15) is 5.39 Å². The van der Waals surface area contributed by atoms with Crippen LogP contribution in [0.4, 0.5) is 5.13 Å². The molecule has 0 aliphatic carbocycles. The van der Waals surface area contributed by atoms with E-state index in [4.69, 9.17) is 5.11 Å². The van der Waals surface area contributed by atoms with Crippen LogP contribution in [-0.4, -0.2) is 48.1 Å². The first-order valence-electron chi connectivity index (χ1n) is 6.98. The van der Waals surface area contributed by atoms with Crippen molar-refractivity contribution in [1.82, 2.24) is 24.7 Å². The van der Waals surface area contributed by atoms with Gasteiger partial charge in [0.2, 0.25) is 5.91 Å². The van der Waals surface area contributed by atoms with Crippen molar-refractivity contribution in [2.45, 2.75) is 18.6 Å². The zero-order chi connectivity index (χ0) is 17.1. The van der Waals surface area contributed by atoms with Gasteiger partial charge in [-0.1, -0.05) is 11.8 Å². The molecule has 24 heavy (non-hydrogen) atoms. The predicted octanol–water partition coefficient (Wildman–Crippen LogP) is 0.608. The minimum atomic E-state index is -0.331. The minimum Gasteiger partial charge on any atom is -0.394 e. The van der Waals surface area contributed by atoms with Gasteiger partial charge in [0.05, 0.1) is 30.8 Å². The third kappa shape index (κ3) is 3.63. The first-order chi connectivity index (χ1) is 11.6. The van der Waals surface area contributed by atoms with Crippen molar-refractivity contribution < 1.29 is 9.90 Å². The Labute approximate surface area is 144 Å². The maximum Gasteiger partial charge on any atom is 0.262 e. The molecule has 0 radical (unpaired) electrons. The predicted molar refractivity (Wildman–Crippen MR) is 91.4 cm³/mol. The van der Waals surface area contributed by atoms with Gasteiger partial charge in [0.15, 0.2) is 15.9 Å². The van der Waals surface area contributed by atoms with E-state index in [1.165, 1.54) is 22.2 Å². The summed E-state index contributed by atoms with van der Waals surface area (Å²) in [4.78, 5) is 35.0. The highest BCUT2D eigenvalue weighted by atomic mass is 32.2. The lowest BCUT2D eigenvalue weighted by molar-refractivity contribution is -0.113. The Morgan fingerprint density at radius 1 is 1.50 bits per heavy atom. The van der Waals surface area contributed by atoms with Crippen LogP contribution in [0.5, 0.6) is 0 Å². The second-order valence-electron chi connectivity index (χ2n) is 4.83. The fourth-order valence-electron chi connectivity index (χ4n) is 1.97. The number of nitrogens with zero attached hydrogens (tertiary/aromatic N) is 4. The molecule has 0 aromatic carbocycles. The fourth-order valence-corrected chi connectivity index (χ4v) is 3.33. The van der Waals surface area contributed by atoms with Gasteiger partial charge in [-0.2, -0.15) is 5.10 Å². The molecule has 0 bridgehead atoms. The molecule has 0 atom stereocenters. The highest BCUT2D eigenvalue weighted by Gasteiger charge is 2.12. The van der Waals surface area contributed by atoms with Gasteiger partial charge in [-0.25, -0.2) is 14.6 Å². The number of H-pyrrole nitrogens is 1. The number of amides is 1. The minimum absolute atomic E-state index is 0.0845. The molecule has 0 saturated heterocycles. The number of nitrogens with one attached hydrogen (secondary N) is 2. The lowest BCUT2D eigenvalue weighted by Crippen LogP contribution is -2.16. The van der Waals surface area contributed by atoms with Crippen LogP contribution in [0.25, 0.3) is 11.0 Å². The van der Waals surface area contributed by atoms with Crippen LogP contribution in [0.15, 0.2) is 21.5 Å². The molecule has 0 fully saturated rings. The first-order valence-corrected chi connectivity index (χ1v) is 8.85. The molecule has 9 nitrogen and oxygen atoms in total. The van der Waals surface area contributed by atoms with E-state index >= 15 is 0 Å². The van der Waals surface area contributed by atoms with Crippen molar-refractivity contribution in [2.75, 3.05) is 17.7 Å². The maximum atomic E-state index is 12.0. The first kappa shape index (κ1) is 16.6. The molecule has 1 amide bonds. The summed E-state index contributed by atoms with van der Waals surface area (Å²) in [5.41, 5.74) is 0.894. The van der Waals surface area contributed by atoms with E-state index in [-0.39, 0.29) is 30.4 Å². The number of hydrogen-bond donors (Lipinski definition) is 3. The highest BCUT2D eigenvalue weighted by molar-refractivity contribution is 7.99. The molecule has 0 spiro atoms. The van der Waals surface area contributed by atoms with Gasteiger partial charge in [-0.3, -0.25) is 9.59 Å². The molecule has 11 heteroatoms. The third-order valence-electron chi connectivity index (χ3n) is 3.00. The number of aliphatic hydroxyl groups is 1. The fraction of sp³-hybridized carbons (Fsp3) is 0.308. The molecule has 0 unspecified atom stereocenters. The lowest BCUT2D eigenvalue weighted by Gasteiger charge is -2.03. The van der Waals surface area contributed by atoms with Crippen LogP contribution >= 0.6 is 23.1 Å². The van der Waals surface area contributed by atoms with Crippen LogP contribution in [0.3, 0.4) is 0 Å². The number of thioether (sulfide) groups is 1. The molecule has 3 rings (SSSR count). The highest BCUT2D eigenvalue weighted by Crippen LogP contribution is 2.17. The molecule has 3 N–H and O–H groups in total. The van der Waals surface area contributed by atoms with E-state index in [0.29, 0.717) is 21.3 Å². The lowest BCUT2D eigenvalue weighted by atomic mass is 10.4. The average Bonchev–Trinajstić information content (AvgIpc) is 3.13. The zero-order valence-electron chi connectivity index (χ0n) is 12.6. The molecular formula is C13H14N6O3S2. The number of aryl methyl sites for hydroxylation is 1. The van der Waals surface area contributed by atoms with Crippen molar-refractivity contribution in [2.24, 2.45) is 0 Å². The van der Waals surface area contributed by atoms with Gasteiger partial charge in [-0.05, 0) is 6.92 Å². The second kappa shape index (κ2) is 7.11. The number of thiazole rings is 1. The van der Waals surface area contributed by atoms with Gasteiger partial charge in [-0.15, -0.1) is 11.3 Å². The summed E-state index contributed by atoms with van der Waals surface area (Å²) >= 11 is 2.46. The van der Waals surface area contributed by atoms with Crippen molar-refractivity contribution in [3.8, 4) is 0 Å². The molecular weight excluding hydrogens is 352 g/mol. The molecule has 126 valence electrons. The summed E-state index contributed by atoms with van der Waals surface area (Å²) in [7, 11) is 0. The number of aliphatic hydroxyl groups excluding tert-OH is 1. The summed E-state index contributed by atoms with van der Waals surface area (Å²) in [6.07, 6.45) is 1.41.